The molecule has 2 N–H and O–H groups in total. The van der Waals surface area contributed by atoms with E-state index in [1.165, 1.54) is 47.0 Å². The van der Waals surface area contributed by atoms with Gasteiger partial charge in [-0.05, 0) is 43.3 Å². The highest BCUT2D eigenvalue weighted by atomic mass is 19.1. The zero-order chi connectivity index (χ0) is 16.6. The normalized spacial score (nSPS) is 10.7. The third kappa shape index (κ3) is 2.76. The van der Waals surface area contributed by atoms with E-state index in [0.29, 0.717) is 17.0 Å². The first-order chi connectivity index (χ1) is 11.0. The lowest BCUT2D eigenvalue weighted by Gasteiger charge is -2.06. The molecule has 23 heavy (non-hydrogen) atoms. The molecule has 1 amide bonds. The van der Waals surface area contributed by atoms with Crippen LogP contribution in [0.15, 0.2) is 42.6 Å². The molecule has 0 atom stereocenters. The number of carbonyl (C=O) groups excluding carboxylic acids is 1. The Hall–Kier alpha value is -3.22. The summed E-state index contributed by atoms with van der Waals surface area (Å²) in [6, 6.07) is 8.51. The van der Waals surface area contributed by atoms with E-state index >= 15 is 0 Å². The van der Waals surface area contributed by atoms with Gasteiger partial charge in [-0.15, -0.1) is 0 Å². The number of benzene rings is 1. The molecule has 0 saturated heterocycles. The minimum atomic E-state index is -1.05. The van der Waals surface area contributed by atoms with Crippen LogP contribution in [0, 0.1) is 12.7 Å². The van der Waals surface area contributed by atoms with E-state index < -0.39 is 17.7 Å². The summed E-state index contributed by atoms with van der Waals surface area (Å²) in [4.78, 5) is 27.5. The standard InChI is InChI=1S/C16H12FN3O3/c1-9-14(20-8-11(17)4-7-13(20)18-9)15(21)19-12-5-2-10(3-6-12)16(22)23/h2-8H,1H3,(H,19,21)(H,22,23). The topological polar surface area (TPSA) is 83.7 Å². The van der Waals surface area contributed by atoms with Gasteiger partial charge in [0.2, 0.25) is 0 Å². The second-order valence-electron chi connectivity index (χ2n) is 4.96. The van der Waals surface area contributed by atoms with E-state index in [1.807, 2.05) is 0 Å². The van der Waals surface area contributed by atoms with Crippen LogP contribution in [0.4, 0.5) is 10.1 Å². The van der Waals surface area contributed by atoms with Crippen LogP contribution < -0.4 is 5.32 Å². The van der Waals surface area contributed by atoms with Gasteiger partial charge < -0.3 is 10.4 Å². The molecular weight excluding hydrogens is 301 g/mol. The van der Waals surface area contributed by atoms with E-state index in [-0.39, 0.29) is 11.3 Å². The Morgan fingerprint density at radius 2 is 1.87 bits per heavy atom. The van der Waals surface area contributed by atoms with Gasteiger partial charge in [0, 0.05) is 11.9 Å². The number of fused-ring (bicyclic) bond motifs is 1. The highest BCUT2D eigenvalue weighted by Gasteiger charge is 2.17. The van der Waals surface area contributed by atoms with Crippen LogP contribution in [0.5, 0.6) is 0 Å². The second kappa shape index (κ2) is 5.53. The van der Waals surface area contributed by atoms with E-state index in [2.05, 4.69) is 10.3 Å². The molecule has 0 aliphatic heterocycles. The minimum absolute atomic E-state index is 0.121. The maximum absolute atomic E-state index is 13.4. The van der Waals surface area contributed by atoms with E-state index in [4.69, 9.17) is 5.11 Å². The van der Waals surface area contributed by atoms with Gasteiger partial charge in [-0.2, -0.15) is 0 Å². The van der Waals surface area contributed by atoms with E-state index in [9.17, 15) is 14.0 Å². The molecular formula is C16H12FN3O3. The highest BCUT2D eigenvalue weighted by molar-refractivity contribution is 6.04. The predicted octanol–water partition coefficient (Wildman–Crippen LogP) is 2.73. The average Bonchev–Trinajstić information content (AvgIpc) is 2.83. The summed E-state index contributed by atoms with van der Waals surface area (Å²) in [6.45, 7) is 1.66. The van der Waals surface area contributed by atoms with Gasteiger partial charge in [0.25, 0.3) is 5.91 Å². The fraction of sp³-hybridized carbons (Fsp3) is 0.0625. The molecule has 0 spiro atoms. The summed E-state index contributed by atoms with van der Waals surface area (Å²) in [5.74, 6) is -1.98. The van der Waals surface area contributed by atoms with Crippen molar-refractivity contribution in [1.82, 2.24) is 9.38 Å². The molecule has 0 aliphatic rings. The SMILES string of the molecule is Cc1nc2ccc(F)cn2c1C(=O)Nc1ccc(C(=O)O)cc1. The summed E-state index contributed by atoms with van der Waals surface area (Å²) < 4.78 is 14.8. The number of imidazole rings is 1. The molecule has 0 radical (unpaired) electrons. The number of halogens is 1. The van der Waals surface area contributed by atoms with Crippen LogP contribution in [0.2, 0.25) is 0 Å². The maximum atomic E-state index is 13.4. The van der Waals surface area contributed by atoms with Gasteiger partial charge in [0.05, 0.1) is 11.3 Å². The first kappa shape index (κ1) is 14.7. The van der Waals surface area contributed by atoms with Gasteiger partial charge in [-0.25, -0.2) is 14.2 Å². The lowest BCUT2D eigenvalue weighted by atomic mass is 10.2. The lowest BCUT2D eigenvalue weighted by molar-refractivity contribution is 0.0696. The molecule has 116 valence electrons. The number of aromatic carboxylic acids is 1. The Morgan fingerprint density at radius 3 is 2.52 bits per heavy atom. The first-order valence-electron chi connectivity index (χ1n) is 6.74. The quantitative estimate of drug-likeness (QED) is 0.779. The van der Waals surface area contributed by atoms with Crippen molar-refractivity contribution >= 4 is 23.2 Å². The Labute approximate surface area is 130 Å². The number of hydrogen-bond acceptors (Lipinski definition) is 3. The zero-order valence-electron chi connectivity index (χ0n) is 12.1. The first-order valence-corrected chi connectivity index (χ1v) is 6.74. The fourth-order valence-electron chi connectivity index (χ4n) is 2.30. The second-order valence-corrected chi connectivity index (χ2v) is 4.96. The van der Waals surface area contributed by atoms with Crippen molar-refractivity contribution in [2.75, 3.05) is 5.32 Å². The zero-order valence-corrected chi connectivity index (χ0v) is 12.1. The number of nitrogens with one attached hydrogen (secondary N) is 1. The summed E-state index contributed by atoms with van der Waals surface area (Å²) in [5, 5.41) is 11.5. The monoisotopic (exact) mass is 313 g/mol. The number of carbonyl (C=O) groups is 2. The molecule has 2 aromatic heterocycles. The number of carboxylic acid groups (broad SMARTS) is 1. The Kier molecular flexibility index (Phi) is 3.53. The fourth-order valence-corrected chi connectivity index (χ4v) is 2.30. The highest BCUT2D eigenvalue weighted by Crippen LogP contribution is 2.16. The Bertz CT molecular complexity index is 916. The Morgan fingerprint density at radius 1 is 1.17 bits per heavy atom. The van der Waals surface area contributed by atoms with Crippen LogP contribution in [-0.4, -0.2) is 26.4 Å². The van der Waals surface area contributed by atoms with Crippen molar-refractivity contribution in [3.05, 3.63) is 65.4 Å². The average molecular weight is 313 g/mol. The number of carboxylic acids is 1. The van der Waals surface area contributed by atoms with Gasteiger partial charge in [-0.1, -0.05) is 0 Å². The molecule has 3 rings (SSSR count). The smallest absolute Gasteiger partial charge is 0.335 e. The van der Waals surface area contributed by atoms with Crippen molar-refractivity contribution in [3.63, 3.8) is 0 Å². The number of anilines is 1. The molecule has 1 aromatic carbocycles. The van der Waals surface area contributed by atoms with Gasteiger partial charge in [0.1, 0.15) is 17.2 Å². The molecule has 3 aromatic rings. The van der Waals surface area contributed by atoms with Crippen molar-refractivity contribution in [1.29, 1.82) is 0 Å². The van der Waals surface area contributed by atoms with Crippen LogP contribution in [0.25, 0.3) is 5.65 Å². The van der Waals surface area contributed by atoms with Gasteiger partial charge in [-0.3, -0.25) is 9.20 Å². The minimum Gasteiger partial charge on any atom is -0.478 e. The molecule has 7 heteroatoms. The van der Waals surface area contributed by atoms with Crippen LogP contribution in [0.3, 0.4) is 0 Å². The predicted molar refractivity (Wildman–Crippen MR) is 81.2 cm³/mol. The molecule has 0 bridgehead atoms. The van der Waals surface area contributed by atoms with Crippen LogP contribution >= 0.6 is 0 Å². The summed E-state index contributed by atoms with van der Waals surface area (Å²) in [5.41, 5.74) is 1.72. The molecule has 0 unspecified atom stereocenters. The Balaban J connectivity index is 1.93. The van der Waals surface area contributed by atoms with Crippen molar-refractivity contribution in [2.24, 2.45) is 0 Å². The molecule has 0 aliphatic carbocycles. The summed E-state index contributed by atoms with van der Waals surface area (Å²) in [6.07, 6.45) is 1.19. The van der Waals surface area contributed by atoms with E-state index in [1.54, 1.807) is 6.92 Å². The number of nitrogens with zero attached hydrogens (tertiary/aromatic N) is 2. The maximum Gasteiger partial charge on any atom is 0.335 e. The third-order valence-electron chi connectivity index (χ3n) is 3.36. The van der Waals surface area contributed by atoms with Gasteiger partial charge >= 0.3 is 5.97 Å². The number of hydrogen-bond donors (Lipinski definition) is 2. The van der Waals surface area contributed by atoms with Crippen LogP contribution in [-0.2, 0) is 0 Å². The van der Waals surface area contributed by atoms with Crippen molar-refractivity contribution in [3.8, 4) is 0 Å². The largest absolute Gasteiger partial charge is 0.478 e. The number of amides is 1. The molecule has 0 fully saturated rings. The number of aryl methyl sites for hydroxylation is 1. The third-order valence-corrected chi connectivity index (χ3v) is 3.36. The molecule has 2 heterocycles. The summed E-state index contributed by atoms with van der Waals surface area (Å²) >= 11 is 0. The number of aromatic nitrogens is 2. The number of rotatable bonds is 3. The van der Waals surface area contributed by atoms with Crippen molar-refractivity contribution < 1.29 is 19.1 Å². The summed E-state index contributed by atoms with van der Waals surface area (Å²) in [7, 11) is 0. The van der Waals surface area contributed by atoms with Crippen LogP contribution in [0.1, 0.15) is 26.5 Å². The number of pyridine rings is 1. The molecule has 6 nitrogen and oxygen atoms in total. The van der Waals surface area contributed by atoms with Gasteiger partial charge in [0.15, 0.2) is 0 Å². The van der Waals surface area contributed by atoms with E-state index in [0.717, 1.165) is 0 Å². The molecule has 0 saturated carbocycles. The lowest BCUT2D eigenvalue weighted by Crippen LogP contribution is -2.15. The van der Waals surface area contributed by atoms with Crippen molar-refractivity contribution in [2.45, 2.75) is 6.92 Å².